The van der Waals surface area contributed by atoms with Gasteiger partial charge in [-0.25, -0.2) is 4.98 Å². The lowest BCUT2D eigenvalue weighted by Crippen LogP contribution is -2.49. The van der Waals surface area contributed by atoms with Gasteiger partial charge in [-0.05, 0) is 25.0 Å². The van der Waals surface area contributed by atoms with Gasteiger partial charge in [0.15, 0.2) is 23.0 Å². The molecular formula is C23H21ClN14O. The van der Waals surface area contributed by atoms with E-state index in [1.807, 2.05) is 4.90 Å². The number of H-pyrrole nitrogens is 1. The number of tetrazole rings is 1. The maximum absolute atomic E-state index is 12.6. The van der Waals surface area contributed by atoms with Gasteiger partial charge < -0.3 is 20.4 Å². The van der Waals surface area contributed by atoms with E-state index in [0.717, 1.165) is 12.8 Å². The minimum absolute atomic E-state index is 0.0710. The fourth-order valence-electron chi connectivity index (χ4n) is 4.34. The number of piperazine rings is 1. The Hall–Kier alpha value is -5.02. The van der Waals surface area contributed by atoms with E-state index in [0.29, 0.717) is 71.5 Å². The van der Waals surface area contributed by atoms with Crippen LogP contribution in [0.25, 0.3) is 5.65 Å². The van der Waals surface area contributed by atoms with Gasteiger partial charge in [-0.15, -0.1) is 15.3 Å². The Morgan fingerprint density at radius 1 is 1.18 bits per heavy atom. The number of amides is 1. The van der Waals surface area contributed by atoms with Gasteiger partial charge in [-0.2, -0.15) is 25.2 Å². The molecule has 1 saturated carbocycles. The Morgan fingerprint density at radius 3 is 2.69 bits per heavy atom. The molecule has 2 fully saturated rings. The number of fused-ring (bicyclic) bond motifs is 1. The number of aromatic nitrogens is 8. The van der Waals surface area contributed by atoms with Crippen molar-refractivity contribution in [1.82, 2.24) is 45.1 Å². The lowest BCUT2D eigenvalue weighted by Gasteiger charge is -2.36. The monoisotopic (exact) mass is 544 g/mol. The van der Waals surface area contributed by atoms with Crippen LogP contribution in [0.15, 0.2) is 18.3 Å². The molecule has 0 unspecified atom stereocenters. The van der Waals surface area contributed by atoms with Crippen LogP contribution in [0.4, 0.5) is 23.1 Å². The molecule has 3 aromatic heterocycles. The number of aromatic amines is 1. The molecule has 196 valence electrons. The van der Waals surface area contributed by atoms with Crippen molar-refractivity contribution in [2.24, 2.45) is 0 Å². The molecule has 2 aliphatic rings. The smallest absolute Gasteiger partial charge is 0.247 e. The van der Waals surface area contributed by atoms with Crippen LogP contribution >= 0.6 is 11.6 Å². The number of nitrogens with zero attached hydrogens (tertiary/aromatic N) is 11. The Kier molecular flexibility index (Phi) is 6.26. The molecule has 0 atom stereocenters. The average Bonchev–Trinajstić information content (AvgIpc) is 3.43. The van der Waals surface area contributed by atoms with Gasteiger partial charge in [0.25, 0.3) is 0 Å². The quantitative estimate of drug-likeness (QED) is 0.302. The van der Waals surface area contributed by atoms with Gasteiger partial charge >= 0.3 is 0 Å². The molecule has 16 heteroatoms. The summed E-state index contributed by atoms with van der Waals surface area (Å²) in [5.74, 6) is 0.955. The van der Waals surface area contributed by atoms with Crippen LogP contribution in [0.3, 0.4) is 0 Å². The third-order valence-electron chi connectivity index (χ3n) is 6.50. The van der Waals surface area contributed by atoms with Crippen molar-refractivity contribution in [3.8, 4) is 12.1 Å². The van der Waals surface area contributed by atoms with E-state index in [2.05, 4.69) is 58.5 Å². The van der Waals surface area contributed by atoms with Crippen LogP contribution in [0.5, 0.6) is 0 Å². The van der Waals surface area contributed by atoms with E-state index in [1.165, 1.54) is 10.7 Å². The van der Waals surface area contributed by atoms with E-state index in [1.54, 1.807) is 17.0 Å². The standard InChI is InChI=1S/C23H21ClN14O/c24-20-16(29-23-30-21(28-14-1-2-14)22-27-12-15(11-26)38(22)33-23)7-13(10-25)8-17(20)36-3-5-37(6-4-36)19(39)9-18-31-34-35-32-18/h7-8,12,14H,1-6,9H2,(H2,28,29,30,33)(H,31,32,34,35). The van der Waals surface area contributed by atoms with Crippen molar-refractivity contribution in [3.63, 3.8) is 0 Å². The summed E-state index contributed by atoms with van der Waals surface area (Å²) in [6.45, 7) is 1.98. The molecule has 4 aromatic rings. The first-order valence-electron chi connectivity index (χ1n) is 12.2. The highest BCUT2D eigenvalue weighted by Crippen LogP contribution is 2.36. The number of hydrogen-bond acceptors (Lipinski definition) is 12. The molecule has 0 bridgehead atoms. The SMILES string of the molecule is N#Cc1cc(Nc2nc(NC3CC3)c3ncc(C#N)n3n2)c(Cl)c(N2CCN(C(=O)Cc3nn[nH]n3)CC2)c1. The Morgan fingerprint density at radius 2 is 2.00 bits per heavy atom. The highest BCUT2D eigenvalue weighted by atomic mass is 35.5. The number of nitrogens with one attached hydrogen (secondary N) is 3. The molecule has 0 radical (unpaired) electrons. The lowest BCUT2D eigenvalue weighted by molar-refractivity contribution is -0.130. The van der Waals surface area contributed by atoms with Crippen LogP contribution in [0, 0.1) is 22.7 Å². The third kappa shape index (κ3) is 4.95. The third-order valence-corrected chi connectivity index (χ3v) is 6.89. The Balaban J connectivity index is 1.24. The average molecular weight is 545 g/mol. The summed E-state index contributed by atoms with van der Waals surface area (Å²) < 4.78 is 1.42. The summed E-state index contributed by atoms with van der Waals surface area (Å²) in [7, 11) is 0. The van der Waals surface area contributed by atoms with E-state index in [4.69, 9.17) is 11.6 Å². The first-order valence-corrected chi connectivity index (χ1v) is 12.6. The molecule has 1 aliphatic carbocycles. The number of anilines is 4. The highest BCUT2D eigenvalue weighted by molar-refractivity contribution is 6.36. The predicted molar refractivity (Wildman–Crippen MR) is 138 cm³/mol. The molecule has 4 heterocycles. The van der Waals surface area contributed by atoms with Crippen molar-refractivity contribution >= 4 is 46.3 Å². The number of carbonyl (C=O) groups is 1. The number of halogens is 1. The van der Waals surface area contributed by atoms with E-state index < -0.39 is 0 Å². The molecule has 0 spiro atoms. The molecule has 39 heavy (non-hydrogen) atoms. The number of rotatable bonds is 7. The zero-order valence-electron chi connectivity index (χ0n) is 20.5. The van der Waals surface area contributed by atoms with Crippen molar-refractivity contribution < 1.29 is 4.79 Å². The van der Waals surface area contributed by atoms with Gasteiger partial charge in [0, 0.05) is 32.2 Å². The molecule has 15 nitrogen and oxygen atoms in total. The highest BCUT2D eigenvalue weighted by Gasteiger charge is 2.26. The molecule has 3 N–H and O–H groups in total. The molecular weight excluding hydrogens is 524 g/mol. The minimum Gasteiger partial charge on any atom is -0.367 e. The summed E-state index contributed by atoms with van der Waals surface area (Å²) in [6.07, 6.45) is 3.57. The molecule has 6 rings (SSSR count). The van der Waals surface area contributed by atoms with Crippen molar-refractivity contribution in [2.75, 3.05) is 41.7 Å². The second-order valence-corrected chi connectivity index (χ2v) is 9.54. The Bertz CT molecular complexity index is 1620. The first kappa shape index (κ1) is 24.3. The number of hydrogen-bond donors (Lipinski definition) is 3. The topological polar surface area (TPSA) is 193 Å². The molecule has 1 amide bonds. The first-order chi connectivity index (χ1) is 19.0. The second-order valence-electron chi connectivity index (χ2n) is 9.16. The second kappa shape index (κ2) is 10.0. The summed E-state index contributed by atoms with van der Waals surface area (Å²) in [5, 5.41) is 44.0. The van der Waals surface area contributed by atoms with Crippen LogP contribution in [0.2, 0.25) is 5.02 Å². The van der Waals surface area contributed by atoms with Crippen LogP contribution in [0.1, 0.15) is 29.9 Å². The van der Waals surface area contributed by atoms with Gasteiger partial charge in [-0.1, -0.05) is 16.8 Å². The number of benzene rings is 1. The van der Waals surface area contributed by atoms with E-state index >= 15 is 0 Å². The van der Waals surface area contributed by atoms with E-state index in [-0.39, 0.29) is 24.0 Å². The van der Waals surface area contributed by atoms with Crippen LogP contribution in [-0.4, -0.2) is 83.2 Å². The van der Waals surface area contributed by atoms with Gasteiger partial charge in [-0.3, -0.25) is 4.79 Å². The van der Waals surface area contributed by atoms with E-state index in [9.17, 15) is 15.3 Å². The fourth-order valence-corrected chi connectivity index (χ4v) is 4.62. The molecule has 1 saturated heterocycles. The zero-order valence-corrected chi connectivity index (χ0v) is 21.2. The zero-order chi connectivity index (χ0) is 26.9. The predicted octanol–water partition coefficient (Wildman–Crippen LogP) is 1.24. The summed E-state index contributed by atoms with van der Waals surface area (Å²) >= 11 is 6.84. The number of nitriles is 2. The largest absolute Gasteiger partial charge is 0.367 e. The normalized spacial score (nSPS) is 15.2. The van der Waals surface area contributed by atoms with Gasteiger partial charge in [0.2, 0.25) is 11.9 Å². The van der Waals surface area contributed by atoms with Crippen LogP contribution in [-0.2, 0) is 11.2 Å². The summed E-state index contributed by atoms with van der Waals surface area (Å²) in [4.78, 5) is 25.2. The maximum atomic E-state index is 12.6. The fraction of sp³-hybridized carbons (Fsp3) is 0.348. The minimum atomic E-state index is -0.0883. The van der Waals surface area contributed by atoms with Crippen LogP contribution < -0.4 is 15.5 Å². The molecule has 1 aliphatic heterocycles. The summed E-state index contributed by atoms with van der Waals surface area (Å²) in [5.41, 5.74) is 2.20. The van der Waals surface area contributed by atoms with Crippen molar-refractivity contribution in [2.45, 2.75) is 25.3 Å². The van der Waals surface area contributed by atoms with Gasteiger partial charge in [0.1, 0.15) is 6.07 Å². The lowest BCUT2D eigenvalue weighted by atomic mass is 10.1. The van der Waals surface area contributed by atoms with Gasteiger partial charge in [0.05, 0.1) is 40.6 Å². The maximum Gasteiger partial charge on any atom is 0.247 e. The van der Waals surface area contributed by atoms with Crippen molar-refractivity contribution in [3.05, 3.63) is 40.4 Å². The number of carbonyl (C=O) groups excluding carboxylic acids is 1. The van der Waals surface area contributed by atoms with Crippen molar-refractivity contribution in [1.29, 1.82) is 10.5 Å². The summed E-state index contributed by atoms with van der Waals surface area (Å²) in [6, 6.07) is 7.90. The Labute approximate surface area is 226 Å². The number of imidazole rings is 1. The molecule has 1 aromatic carbocycles.